The second-order valence-corrected chi connectivity index (χ2v) is 3.41. The molecule has 0 bridgehead atoms. The van der Waals surface area contributed by atoms with Crippen LogP contribution in [-0.2, 0) is 22.0 Å². The molecule has 0 spiro atoms. The van der Waals surface area contributed by atoms with Crippen LogP contribution in [0.3, 0.4) is 0 Å². The summed E-state index contributed by atoms with van der Waals surface area (Å²) >= 11 is 5.74. The van der Waals surface area contributed by atoms with Gasteiger partial charge in [0, 0.05) is 12.8 Å². The molecule has 0 N–H and O–H groups in total. The van der Waals surface area contributed by atoms with Gasteiger partial charge in [0.15, 0.2) is 5.82 Å². The summed E-state index contributed by atoms with van der Waals surface area (Å²) in [5.41, 5.74) is 0.775. The highest BCUT2D eigenvalue weighted by Crippen LogP contribution is 2.10. The molecule has 0 radical (unpaired) electrons. The molecule has 0 saturated heterocycles. The third kappa shape index (κ3) is 3.94. The lowest BCUT2D eigenvalue weighted by Crippen LogP contribution is -2.12. The van der Waals surface area contributed by atoms with E-state index >= 15 is 0 Å². The number of aromatic nitrogens is 2. The first-order valence-corrected chi connectivity index (χ1v) is 5.92. The van der Waals surface area contributed by atoms with E-state index in [1.54, 1.807) is 6.92 Å². The minimum Gasteiger partial charge on any atom is -0.462 e. The highest BCUT2D eigenvalue weighted by Gasteiger charge is 2.14. The quantitative estimate of drug-likeness (QED) is 0.576. The number of carbonyl (C=O) groups excluding carboxylic acids is 1. The number of alkyl halides is 1. The van der Waals surface area contributed by atoms with E-state index in [-0.39, 0.29) is 5.88 Å². The Morgan fingerprint density at radius 2 is 2.18 bits per heavy atom. The van der Waals surface area contributed by atoms with E-state index < -0.39 is 5.97 Å². The Labute approximate surface area is 105 Å². The number of hydrogen-bond donors (Lipinski definition) is 0. The van der Waals surface area contributed by atoms with Gasteiger partial charge in [0.05, 0.1) is 18.2 Å². The summed E-state index contributed by atoms with van der Waals surface area (Å²) in [5.74, 6) is 0.192. The van der Waals surface area contributed by atoms with E-state index in [1.165, 1.54) is 6.20 Å². The molecule has 0 aliphatic rings. The zero-order valence-electron chi connectivity index (χ0n) is 9.90. The molecule has 0 aliphatic heterocycles. The SMILES string of the molecule is CCOCc1ncc(C(=O)OCC)c(CCl)n1. The van der Waals surface area contributed by atoms with Crippen LogP contribution in [0.4, 0.5) is 0 Å². The van der Waals surface area contributed by atoms with Gasteiger partial charge in [-0.05, 0) is 13.8 Å². The maximum absolute atomic E-state index is 11.6. The fourth-order valence-corrected chi connectivity index (χ4v) is 1.41. The molecule has 0 aliphatic carbocycles. The van der Waals surface area contributed by atoms with Gasteiger partial charge in [-0.1, -0.05) is 0 Å². The van der Waals surface area contributed by atoms with Crippen LogP contribution in [0.5, 0.6) is 0 Å². The molecule has 6 heteroatoms. The van der Waals surface area contributed by atoms with Crippen molar-refractivity contribution in [3.05, 3.63) is 23.3 Å². The van der Waals surface area contributed by atoms with Gasteiger partial charge in [0.2, 0.25) is 0 Å². The van der Waals surface area contributed by atoms with Gasteiger partial charge in [0.25, 0.3) is 0 Å². The van der Waals surface area contributed by atoms with Crippen molar-refractivity contribution < 1.29 is 14.3 Å². The van der Waals surface area contributed by atoms with Gasteiger partial charge in [-0.3, -0.25) is 0 Å². The van der Waals surface area contributed by atoms with Crippen LogP contribution in [0.15, 0.2) is 6.20 Å². The topological polar surface area (TPSA) is 61.3 Å². The normalized spacial score (nSPS) is 10.3. The largest absolute Gasteiger partial charge is 0.462 e. The maximum atomic E-state index is 11.6. The zero-order chi connectivity index (χ0) is 12.7. The number of carbonyl (C=O) groups is 1. The molecule has 17 heavy (non-hydrogen) atoms. The third-order valence-corrected chi connectivity index (χ3v) is 2.23. The second-order valence-electron chi connectivity index (χ2n) is 3.14. The van der Waals surface area contributed by atoms with E-state index in [0.29, 0.717) is 36.9 Å². The van der Waals surface area contributed by atoms with E-state index in [2.05, 4.69) is 9.97 Å². The molecule has 0 fully saturated rings. The molecule has 0 unspecified atom stereocenters. The molecule has 1 heterocycles. The van der Waals surface area contributed by atoms with Crippen molar-refractivity contribution in [1.29, 1.82) is 0 Å². The average molecular weight is 259 g/mol. The van der Waals surface area contributed by atoms with Crippen LogP contribution in [0.25, 0.3) is 0 Å². The Hall–Kier alpha value is -1.20. The summed E-state index contributed by atoms with van der Waals surface area (Å²) in [5, 5.41) is 0. The Bertz CT molecular complexity index is 385. The minimum absolute atomic E-state index is 0.135. The summed E-state index contributed by atoms with van der Waals surface area (Å²) in [6.45, 7) is 4.82. The van der Waals surface area contributed by atoms with Crippen molar-refractivity contribution in [1.82, 2.24) is 9.97 Å². The molecular weight excluding hydrogens is 244 g/mol. The van der Waals surface area contributed by atoms with E-state index in [4.69, 9.17) is 21.1 Å². The number of hydrogen-bond acceptors (Lipinski definition) is 5. The number of nitrogens with zero attached hydrogens (tertiary/aromatic N) is 2. The lowest BCUT2D eigenvalue weighted by molar-refractivity contribution is 0.0523. The summed E-state index contributed by atoms with van der Waals surface area (Å²) in [7, 11) is 0. The van der Waals surface area contributed by atoms with Gasteiger partial charge in [-0.2, -0.15) is 0 Å². The van der Waals surface area contributed by atoms with Gasteiger partial charge >= 0.3 is 5.97 Å². The molecule has 1 rings (SSSR count). The lowest BCUT2D eigenvalue weighted by atomic mass is 10.2. The Kier molecular flexibility index (Phi) is 5.86. The Morgan fingerprint density at radius 1 is 1.41 bits per heavy atom. The fraction of sp³-hybridized carbons (Fsp3) is 0.545. The summed E-state index contributed by atoms with van der Waals surface area (Å²) in [6, 6.07) is 0. The van der Waals surface area contributed by atoms with E-state index in [9.17, 15) is 4.79 Å². The second kappa shape index (κ2) is 7.19. The van der Waals surface area contributed by atoms with Gasteiger partial charge < -0.3 is 9.47 Å². The molecule has 0 amide bonds. The van der Waals surface area contributed by atoms with E-state index in [0.717, 1.165) is 0 Å². The van der Waals surface area contributed by atoms with Crippen molar-refractivity contribution >= 4 is 17.6 Å². The number of esters is 1. The standard InChI is InChI=1S/C11H15ClN2O3/c1-3-16-7-10-13-6-8(9(5-12)14-10)11(15)17-4-2/h6H,3-5,7H2,1-2H3. The van der Waals surface area contributed by atoms with Crippen LogP contribution < -0.4 is 0 Å². The van der Waals surface area contributed by atoms with Crippen molar-refractivity contribution in [3.63, 3.8) is 0 Å². The summed E-state index contributed by atoms with van der Waals surface area (Å²) in [6.07, 6.45) is 1.43. The molecule has 0 aromatic carbocycles. The smallest absolute Gasteiger partial charge is 0.341 e. The minimum atomic E-state index is -0.453. The van der Waals surface area contributed by atoms with Crippen LogP contribution >= 0.6 is 11.6 Å². The number of halogens is 1. The Morgan fingerprint density at radius 3 is 2.76 bits per heavy atom. The first-order valence-electron chi connectivity index (χ1n) is 5.38. The van der Waals surface area contributed by atoms with Gasteiger partial charge in [-0.15, -0.1) is 11.6 Å². The first-order chi connectivity index (χ1) is 8.22. The van der Waals surface area contributed by atoms with Crippen LogP contribution in [0.1, 0.15) is 35.7 Å². The monoisotopic (exact) mass is 258 g/mol. The molecule has 0 saturated carbocycles. The van der Waals surface area contributed by atoms with Crippen LogP contribution in [-0.4, -0.2) is 29.2 Å². The highest BCUT2D eigenvalue weighted by atomic mass is 35.5. The molecule has 0 atom stereocenters. The molecule has 1 aromatic rings. The van der Waals surface area contributed by atoms with Crippen LogP contribution in [0, 0.1) is 0 Å². The maximum Gasteiger partial charge on any atom is 0.341 e. The van der Waals surface area contributed by atoms with Crippen LogP contribution in [0.2, 0.25) is 0 Å². The molecule has 94 valence electrons. The van der Waals surface area contributed by atoms with Crippen molar-refractivity contribution in [2.75, 3.05) is 13.2 Å². The molecular formula is C11H15ClN2O3. The lowest BCUT2D eigenvalue weighted by Gasteiger charge is -2.07. The molecule has 5 nitrogen and oxygen atoms in total. The highest BCUT2D eigenvalue weighted by molar-refractivity contribution is 6.17. The molecule has 1 aromatic heterocycles. The predicted molar refractivity (Wildman–Crippen MR) is 62.9 cm³/mol. The number of ether oxygens (including phenoxy) is 2. The number of rotatable bonds is 6. The first kappa shape index (κ1) is 13.9. The van der Waals surface area contributed by atoms with Crippen molar-refractivity contribution in [3.8, 4) is 0 Å². The summed E-state index contributed by atoms with van der Waals surface area (Å²) in [4.78, 5) is 19.8. The third-order valence-electron chi connectivity index (χ3n) is 1.97. The fourth-order valence-electron chi connectivity index (χ4n) is 1.20. The van der Waals surface area contributed by atoms with Crippen molar-refractivity contribution in [2.24, 2.45) is 0 Å². The van der Waals surface area contributed by atoms with E-state index in [1.807, 2.05) is 6.92 Å². The zero-order valence-corrected chi connectivity index (χ0v) is 10.7. The van der Waals surface area contributed by atoms with Crippen molar-refractivity contribution in [2.45, 2.75) is 26.3 Å². The average Bonchev–Trinajstić information content (AvgIpc) is 2.36. The predicted octanol–water partition coefficient (Wildman–Crippen LogP) is 1.93. The van der Waals surface area contributed by atoms with Gasteiger partial charge in [0.1, 0.15) is 12.2 Å². The Balaban J connectivity index is 2.88. The van der Waals surface area contributed by atoms with Gasteiger partial charge in [-0.25, -0.2) is 14.8 Å². The summed E-state index contributed by atoms with van der Waals surface area (Å²) < 4.78 is 10.1.